The number of carbonyl (C=O) groups is 3. The van der Waals surface area contributed by atoms with Crippen molar-refractivity contribution in [1.29, 1.82) is 0 Å². The summed E-state index contributed by atoms with van der Waals surface area (Å²) < 4.78 is 17.2. The molecular weight excluding hydrogens is 640 g/mol. The van der Waals surface area contributed by atoms with Crippen molar-refractivity contribution < 1.29 is 28.6 Å². The van der Waals surface area contributed by atoms with E-state index in [0.717, 1.165) is 62.5 Å². The lowest BCUT2D eigenvalue weighted by Gasteiger charge is -2.54. The highest BCUT2D eigenvalue weighted by atomic mass is 16.6. The molecule has 0 aromatic heterocycles. The molecule has 4 bridgehead atoms. The summed E-state index contributed by atoms with van der Waals surface area (Å²) in [7, 11) is 3.70. The zero-order valence-corrected chi connectivity index (χ0v) is 32.1. The Morgan fingerprint density at radius 1 is 0.784 bits per heavy atom. The Hall–Kier alpha value is -2.74. The Balaban J connectivity index is 1.14. The molecule has 0 amide bonds. The van der Waals surface area contributed by atoms with Crippen LogP contribution in [0.25, 0.3) is 0 Å². The maximum atomic E-state index is 13.2. The molecule has 5 aliphatic rings. The summed E-state index contributed by atoms with van der Waals surface area (Å²) in [5.74, 6) is 2.25. The maximum Gasteiger partial charge on any atom is 0.323 e. The Kier molecular flexibility index (Phi) is 18.5. The lowest BCUT2D eigenvalue weighted by atomic mass is 9.51. The predicted molar refractivity (Wildman–Crippen MR) is 204 cm³/mol. The molecule has 0 spiro atoms. The summed E-state index contributed by atoms with van der Waals surface area (Å²) >= 11 is 0. The van der Waals surface area contributed by atoms with Gasteiger partial charge in [0.2, 0.25) is 0 Å². The van der Waals surface area contributed by atoms with Gasteiger partial charge in [-0.1, -0.05) is 69.4 Å². The van der Waals surface area contributed by atoms with Gasteiger partial charge in [0.15, 0.2) is 0 Å². The van der Waals surface area contributed by atoms with E-state index in [0.29, 0.717) is 37.0 Å². The molecule has 0 aromatic carbocycles. The molecule has 4 saturated carbocycles. The van der Waals surface area contributed by atoms with Crippen molar-refractivity contribution in [3.63, 3.8) is 0 Å². The van der Waals surface area contributed by atoms with Gasteiger partial charge in [-0.05, 0) is 114 Å². The van der Waals surface area contributed by atoms with Gasteiger partial charge in [-0.25, -0.2) is 0 Å². The average Bonchev–Trinajstić information content (AvgIpc) is 3.63. The first-order valence-corrected chi connectivity index (χ1v) is 20.5. The first kappa shape index (κ1) is 41.0. The second kappa shape index (κ2) is 23.0. The number of likely N-dealkylation sites (N-methyl/N-ethyl adjacent to an activating group) is 1. The lowest BCUT2D eigenvalue weighted by molar-refractivity contribution is -0.157. The number of rotatable bonds is 26. The normalized spacial score (nSPS) is 24.8. The predicted octanol–water partition coefficient (Wildman–Crippen LogP) is 9.19. The van der Waals surface area contributed by atoms with Crippen LogP contribution in [0.15, 0.2) is 41.1 Å². The SMILES string of the molecule is CCCCC/C=C\C/C=C\CCCCCCCC(=O)OCC(COC(=O)CC1C2CC3CC(C2)CC1C3)COC(=O)[C@H](CC1=CCC=N1)N(C)C. The van der Waals surface area contributed by atoms with Gasteiger partial charge in [-0.2, -0.15) is 0 Å². The number of hydrogen-bond donors (Lipinski definition) is 0. The number of allylic oxidation sites excluding steroid dienone is 5. The van der Waals surface area contributed by atoms with Gasteiger partial charge < -0.3 is 14.2 Å². The Bertz CT molecular complexity index is 1160. The number of nitrogens with zero attached hydrogens (tertiary/aromatic N) is 2. The summed E-state index contributed by atoms with van der Waals surface area (Å²) in [5.41, 5.74) is 0.878. The Labute approximate surface area is 308 Å². The minimum atomic E-state index is -0.479. The number of ether oxygens (including phenoxy) is 3. The molecule has 2 atom stereocenters. The van der Waals surface area contributed by atoms with Crippen molar-refractivity contribution in [2.24, 2.45) is 40.5 Å². The number of carbonyl (C=O) groups excluding carboxylic acids is 3. The molecular formula is C43H68N2O6. The standard InChI is InChI=1S/C43H68N2O6/c1-4-5-6-7-8-9-10-11-12-13-14-15-16-17-18-21-41(46)49-30-35(32-51-43(48)40(45(2)3)28-38-20-19-22-44-38)31-50-42(47)29-39-36-24-33-23-34(26-36)27-37(39)25-33/h8-9,11-12,20,22,33-37,39-40H,4-7,10,13-19,21,23-32H2,1-3H3/b9-8-,12-11-/t33?,34?,35?,36?,37?,39?,40-/m0/s1. The molecule has 0 N–H and O–H groups in total. The van der Waals surface area contributed by atoms with E-state index in [2.05, 4.69) is 36.2 Å². The van der Waals surface area contributed by atoms with Crippen LogP contribution in [0, 0.1) is 35.5 Å². The molecule has 4 fully saturated rings. The summed E-state index contributed by atoms with van der Waals surface area (Å²) in [6.07, 6.45) is 33.9. The van der Waals surface area contributed by atoms with E-state index in [-0.39, 0.29) is 37.7 Å². The van der Waals surface area contributed by atoms with Gasteiger partial charge >= 0.3 is 17.9 Å². The average molecular weight is 709 g/mol. The number of esters is 3. The molecule has 1 unspecified atom stereocenters. The van der Waals surface area contributed by atoms with E-state index >= 15 is 0 Å². The van der Waals surface area contributed by atoms with Crippen LogP contribution in [-0.2, 0) is 28.6 Å². The van der Waals surface area contributed by atoms with Crippen molar-refractivity contribution >= 4 is 24.1 Å². The highest BCUT2D eigenvalue weighted by Crippen LogP contribution is 2.57. The highest BCUT2D eigenvalue weighted by molar-refractivity contribution is 5.76. The van der Waals surface area contributed by atoms with Crippen molar-refractivity contribution in [1.82, 2.24) is 4.90 Å². The topological polar surface area (TPSA) is 94.5 Å². The second-order valence-electron chi connectivity index (χ2n) is 16.1. The van der Waals surface area contributed by atoms with Gasteiger partial charge in [0.25, 0.3) is 0 Å². The molecule has 4 aliphatic carbocycles. The Morgan fingerprint density at radius 2 is 1.39 bits per heavy atom. The molecule has 1 heterocycles. The van der Waals surface area contributed by atoms with E-state index < -0.39 is 12.0 Å². The van der Waals surface area contributed by atoms with Gasteiger partial charge in [-0.3, -0.25) is 24.3 Å². The molecule has 0 radical (unpaired) electrons. The van der Waals surface area contributed by atoms with Crippen LogP contribution >= 0.6 is 0 Å². The van der Waals surface area contributed by atoms with E-state index in [1.807, 2.05) is 31.3 Å². The summed E-state index contributed by atoms with van der Waals surface area (Å²) in [4.78, 5) is 45.1. The summed E-state index contributed by atoms with van der Waals surface area (Å²) in [5, 5.41) is 0. The fourth-order valence-corrected chi connectivity index (χ4v) is 8.86. The van der Waals surface area contributed by atoms with Crippen LogP contribution in [0.1, 0.15) is 135 Å². The van der Waals surface area contributed by atoms with Crippen LogP contribution in [0.4, 0.5) is 0 Å². The van der Waals surface area contributed by atoms with Crippen LogP contribution in [-0.4, -0.2) is 69.0 Å². The van der Waals surface area contributed by atoms with Gasteiger partial charge in [0.1, 0.15) is 25.9 Å². The monoisotopic (exact) mass is 709 g/mol. The maximum absolute atomic E-state index is 13.2. The van der Waals surface area contributed by atoms with Gasteiger partial charge in [0.05, 0.1) is 5.92 Å². The third-order valence-corrected chi connectivity index (χ3v) is 11.6. The van der Waals surface area contributed by atoms with Crippen molar-refractivity contribution in [3.05, 3.63) is 36.1 Å². The molecule has 1 aliphatic heterocycles. The van der Waals surface area contributed by atoms with Crippen LogP contribution in [0.3, 0.4) is 0 Å². The van der Waals surface area contributed by atoms with Crippen molar-refractivity contribution in [2.75, 3.05) is 33.9 Å². The minimum absolute atomic E-state index is 0.0216. The molecule has 51 heavy (non-hydrogen) atoms. The minimum Gasteiger partial charge on any atom is -0.465 e. The third-order valence-electron chi connectivity index (χ3n) is 11.6. The number of aliphatic imine (C=N–C) groups is 1. The van der Waals surface area contributed by atoms with E-state index in [1.54, 1.807) is 0 Å². The highest BCUT2D eigenvalue weighted by Gasteiger charge is 2.48. The third kappa shape index (κ3) is 15.0. The smallest absolute Gasteiger partial charge is 0.323 e. The second-order valence-corrected chi connectivity index (χ2v) is 16.1. The van der Waals surface area contributed by atoms with E-state index in [1.165, 1.54) is 64.2 Å². The van der Waals surface area contributed by atoms with Crippen LogP contribution < -0.4 is 0 Å². The summed E-state index contributed by atoms with van der Waals surface area (Å²) in [6, 6.07) is -0.479. The fraction of sp³-hybridized carbons (Fsp3) is 0.767. The zero-order valence-electron chi connectivity index (χ0n) is 32.1. The molecule has 286 valence electrons. The van der Waals surface area contributed by atoms with E-state index in [9.17, 15) is 14.4 Å². The van der Waals surface area contributed by atoms with Crippen LogP contribution in [0.5, 0.6) is 0 Å². The molecule has 8 nitrogen and oxygen atoms in total. The number of unbranched alkanes of at least 4 members (excludes halogenated alkanes) is 8. The molecule has 8 heteroatoms. The Morgan fingerprint density at radius 3 is 2.02 bits per heavy atom. The van der Waals surface area contributed by atoms with Gasteiger partial charge in [-0.15, -0.1) is 0 Å². The summed E-state index contributed by atoms with van der Waals surface area (Å²) in [6.45, 7) is 2.38. The lowest BCUT2D eigenvalue weighted by Crippen LogP contribution is -2.45. The first-order chi connectivity index (χ1) is 24.8. The van der Waals surface area contributed by atoms with Crippen molar-refractivity contribution in [3.8, 4) is 0 Å². The van der Waals surface area contributed by atoms with Gasteiger partial charge in [0, 0.05) is 37.6 Å². The molecule has 0 saturated heterocycles. The zero-order chi connectivity index (χ0) is 36.3. The van der Waals surface area contributed by atoms with Crippen molar-refractivity contribution in [2.45, 2.75) is 141 Å². The van der Waals surface area contributed by atoms with E-state index in [4.69, 9.17) is 14.2 Å². The fourth-order valence-electron chi connectivity index (χ4n) is 8.86. The largest absolute Gasteiger partial charge is 0.465 e. The quantitative estimate of drug-likeness (QED) is 0.0383. The number of hydrogen-bond acceptors (Lipinski definition) is 8. The molecule has 5 rings (SSSR count). The molecule has 0 aromatic rings. The first-order valence-electron chi connectivity index (χ1n) is 20.5. The van der Waals surface area contributed by atoms with Crippen LogP contribution in [0.2, 0.25) is 0 Å².